The van der Waals surface area contributed by atoms with Gasteiger partial charge in [0, 0.05) is 17.7 Å². The molecule has 0 amide bonds. The van der Waals surface area contributed by atoms with Crippen molar-refractivity contribution >= 4 is 0 Å². The van der Waals surface area contributed by atoms with Gasteiger partial charge >= 0.3 is 0 Å². The SMILES string of the molecule is C[C@H](N)c1ccc(OCc2ccc(C#N)cc2)cc1F. The zero-order chi connectivity index (χ0) is 14.5. The highest BCUT2D eigenvalue weighted by Crippen LogP contribution is 2.21. The standard InChI is InChI=1S/C16H15FN2O/c1-11(19)15-7-6-14(8-16(15)17)20-10-13-4-2-12(9-18)3-5-13/h2-8,11H,10,19H2,1H3/t11-/m0/s1. The Morgan fingerprint density at radius 2 is 1.95 bits per heavy atom. The quantitative estimate of drug-likeness (QED) is 0.927. The van der Waals surface area contributed by atoms with Gasteiger partial charge < -0.3 is 10.5 Å². The lowest BCUT2D eigenvalue weighted by atomic mass is 10.1. The maximum absolute atomic E-state index is 13.7. The van der Waals surface area contributed by atoms with Crippen LogP contribution in [-0.2, 0) is 6.61 Å². The fourth-order valence-electron chi connectivity index (χ4n) is 1.81. The van der Waals surface area contributed by atoms with Crippen molar-refractivity contribution in [3.05, 3.63) is 65.0 Å². The van der Waals surface area contributed by atoms with Gasteiger partial charge in [-0.25, -0.2) is 4.39 Å². The molecule has 0 aliphatic rings. The van der Waals surface area contributed by atoms with Gasteiger partial charge in [0.25, 0.3) is 0 Å². The molecule has 2 rings (SSSR count). The number of rotatable bonds is 4. The predicted molar refractivity (Wildman–Crippen MR) is 74.5 cm³/mol. The molecular formula is C16H15FN2O. The average Bonchev–Trinajstić information content (AvgIpc) is 2.45. The van der Waals surface area contributed by atoms with Gasteiger partial charge in [-0.2, -0.15) is 5.26 Å². The van der Waals surface area contributed by atoms with Gasteiger partial charge in [0.15, 0.2) is 0 Å². The molecule has 102 valence electrons. The number of nitrogens with zero attached hydrogens (tertiary/aromatic N) is 1. The molecule has 2 N–H and O–H groups in total. The van der Waals surface area contributed by atoms with E-state index in [1.807, 2.05) is 18.2 Å². The first-order chi connectivity index (χ1) is 9.60. The van der Waals surface area contributed by atoms with Crippen LogP contribution in [0.5, 0.6) is 5.75 Å². The van der Waals surface area contributed by atoms with Gasteiger partial charge in [0.1, 0.15) is 18.2 Å². The number of hydrogen-bond acceptors (Lipinski definition) is 3. The van der Waals surface area contributed by atoms with E-state index >= 15 is 0 Å². The zero-order valence-electron chi connectivity index (χ0n) is 11.1. The number of nitrogens with two attached hydrogens (primary N) is 1. The van der Waals surface area contributed by atoms with Crippen LogP contribution in [0.15, 0.2) is 42.5 Å². The smallest absolute Gasteiger partial charge is 0.131 e. The van der Waals surface area contributed by atoms with Crippen LogP contribution in [0.4, 0.5) is 4.39 Å². The molecule has 0 aliphatic carbocycles. The predicted octanol–water partition coefficient (Wildman–Crippen LogP) is 3.30. The normalized spacial score (nSPS) is 11.7. The van der Waals surface area contributed by atoms with E-state index in [2.05, 4.69) is 0 Å². The second kappa shape index (κ2) is 6.18. The Bertz CT molecular complexity index is 630. The van der Waals surface area contributed by atoms with Gasteiger partial charge in [-0.3, -0.25) is 0 Å². The average molecular weight is 270 g/mol. The Hall–Kier alpha value is -2.38. The topological polar surface area (TPSA) is 59.0 Å². The second-order valence-electron chi connectivity index (χ2n) is 4.57. The first kappa shape index (κ1) is 14.0. The Balaban J connectivity index is 2.03. The minimum atomic E-state index is -0.364. The van der Waals surface area contributed by atoms with Crippen molar-refractivity contribution in [2.45, 2.75) is 19.6 Å². The summed E-state index contributed by atoms with van der Waals surface area (Å²) in [7, 11) is 0. The van der Waals surface area contributed by atoms with Crippen molar-refractivity contribution in [3.8, 4) is 11.8 Å². The fourth-order valence-corrected chi connectivity index (χ4v) is 1.81. The lowest BCUT2D eigenvalue weighted by Gasteiger charge is -2.10. The van der Waals surface area contributed by atoms with Gasteiger partial charge in [0.2, 0.25) is 0 Å². The Kier molecular flexibility index (Phi) is 4.34. The van der Waals surface area contributed by atoms with Gasteiger partial charge in [-0.1, -0.05) is 18.2 Å². The molecule has 2 aromatic carbocycles. The number of halogens is 1. The maximum Gasteiger partial charge on any atom is 0.131 e. The van der Waals surface area contributed by atoms with Gasteiger partial charge in [-0.15, -0.1) is 0 Å². The molecule has 0 saturated carbocycles. The summed E-state index contributed by atoms with van der Waals surface area (Å²) in [5.41, 5.74) is 7.63. The summed E-state index contributed by atoms with van der Waals surface area (Å²) in [6, 6.07) is 13.4. The number of ether oxygens (including phenoxy) is 1. The third kappa shape index (κ3) is 3.34. The van der Waals surface area contributed by atoms with E-state index in [1.165, 1.54) is 6.07 Å². The van der Waals surface area contributed by atoms with Crippen molar-refractivity contribution in [1.82, 2.24) is 0 Å². The van der Waals surface area contributed by atoms with Crippen molar-refractivity contribution < 1.29 is 9.13 Å². The monoisotopic (exact) mass is 270 g/mol. The largest absolute Gasteiger partial charge is 0.489 e. The molecule has 0 unspecified atom stereocenters. The molecule has 0 saturated heterocycles. The molecule has 0 fully saturated rings. The van der Waals surface area contributed by atoms with Crippen LogP contribution in [0.25, 0.3) is 0 Å². The summed E-state index contributed by atoms with van der Waals surface area (Å²) in [5, 5.41) is 8.70. The summed E-state index contributed by atoms with van der Waals surface area (Å²) in [6.07, 6.45) is 0. The molecule has 0 radical (unpaired) electrons. The second-order valence-corrected chi connectivity index (χ2v) is 4.57. The van der Waals surface area contributed by atoms with Crippen LogP contribution in [0.3, 0.4) is 0 Å². The minimum absolute atomic E-state index is 0.322. The lowest BCUT2D eigenvalue weighted by Crippen LogP contribution is -2.07. The molecule has 4 heteroatoms. The molecule has 2 aromatic rings. The highest BCUT2D eigenvalue weighted by Gasteiger charge is 2.08. The van der Waals surface area contributed by atoms with Crippen molar-refractivity contribution in [2.24, 2.45) is 5.73 Å². The Morgan fingerprint density at radius 1 is 1.25 bits per heavy atom. The van der Waals surface area contributed by atoms with E-state index in [9.17, 15) is 4.39 Å². The fraction of sp³-hybridized carbons (Fsp3) is 0.188. The first-order valence-electron chi connectivity index (χ1n) is 6.27. The van der Waals surface area contributed by atoms with Crippen molar-refractivity contribution in [3.63, 3.8) is 0 Å². The Morgan fingerprint density at radius 3 is 2.50 bits per heavy atom. The van der Waals surface area contributed by atoms with E-state index in [0.29, 0.717) is 23.5 Å². The summed E-state index contributed by atoms with van der Waals surface area (Å²) < 4.78 is 19.2. The van der Waals surface area contributed by atoms with Crippen LogP contribution in [0, 0.1) is 17.1 Å². The summed E-state index contributed by atoms with van der Waals surface area (Å²) in [5.74, 6) is 0.0913. The summed E-state index contributed by atoms with van der Waals surface area (Å²) in [6.45, 7) is 2.05. The first-order valence-corrected chi connectivity index (χ1v) is 6.27. The molecule has 0 aliphatic heterocycles. The molecule has 0 spiro atoms. The highest BCUT2D eigenvalue weighted by atomic mass is 19.1. The number of benzene rings is 2. The number of hydrogen-bond donors (Lipinski definition) is 1. The Labute approximate surface area is 117 Å². The zero-order valence-corrected chi connectivity index (χ0v) is 11.1. The maximum atomic E-state index is 13.7. The van der Waals surface area contributed by atoms with E-state index in [-0.39, 0.29) is 11.9 Å². The van der Waals surface area contributed by atoms with Gasteiger partial charge in [0.05, 0.1) is 11.6 Å². The number of nitriles is 1. The van der Waals surface area contributed by atoms with E-state index in [4.69, 9.17) is 15.7 Å². The molecule has 0 heterocycles. The highest BCUT2D eigenvalue weighted by molar-refractivity contribution is 5.33. The van der Waals surface area contributed by atoms with Crippen LogP contribution < -0.4 is 10.5 Å². The molecular weight excluding hydrogens is 255 g/mol. The summed E-state index contributed by atoms with van der Waals surface area (Å²) >= 11 is 0. The lowest BCUT2D eigenvalue weighted by molar-refractivity contribution is 0.304. The molecule has 3 nitrogen and oxygen atoms in total. The van der Waals surface area contributed by atoms with Crippen molar-refractivity contribution in [1.29, 1.82) is 5.26 Å². The molecule has 0 aromatic heterocycles. The third-order valence-electron chi connectivity index (χ3n) is 2.95. The summed E-state index contributed by atoms with van der Waals surface area (Å²) in [4.78, 5) is 0. The molecule has 1 atom stereocenters. The van der Waals surface area contributed by atoms with E-state index in [1.54, 1.807) is 31.2 Å². The van der Waals surface area contributed by atoms with Crippen LogP contribution >= 0.6 is 0 Å². The molecule has 0 bridgehead atoms. The minimum Gasteiger partial charge on any atom is -0.489 e. The van der Waals surface area contributed by atoms with Crippen LogP contribution in [0.1, 0.15) is 29.7 Å². The molecule has 20 heavy (non-hydrogen) atoms. The van der Waals surface area contributed by atoms with Gasteiger partial charge in [-0.05, 0) is 30.7 Å². The van der Waals surface area contributed by atoms with Crippen molar-refractivity contribution in [2.75, 3.05) is 0 Å². The van der Waals surface area contributed by atoms with E-state index < -0.39 is 0 Å². The van der Waals surface area contributed by atoms with Crippen LogP contribution in [0.2, 0.25) is 0 Å². The van der Waals surface area contributed by atoms with Crippen LogP contribution in [-0.4, -0.2) is 0 Å². The third-order valence-corrected chi connectivity index (χ3v) is 2.95. The van der Waals surface area contributed by atoms with E-state index in [0.717, 1.165) is 5.56 Å².